The highest BCUT2D eigenvalue weighted by molar-refractivity contribution is 5.97. The number of phenolic OH excluding ortho intramolecular Hbond substituents is 2. The number of hydrogen-bond acceptors (Lipinski definition) is 4. The Morgan fingerprint density at radius 1 is 1.21 bits per heavy atom. The minimum absolute atomic E-state index is 0.0723. The first-order valence-electron chi connectivity index (χ1n) is 7.97. The molecule has 0 radical (unpaired) electrons. The van der Waals surface area contributed by atoms with Gasteiger partial charge in [0.05, 0.1) is 24.8 Å². The Kier molecular flexibility index (Phi) is 4.44. The monoisotopic (exact) mass is 327 g/mol. The van der Waals surface area contributed by atoms with Gasteiger partial charge < -0.3 is 19.8 Å². The van der Waals surface area contributed by atoms with Crippen molar-refractivity contribution in [2.45, 2.75) is 26.0 Å². The lowest BCUT2D eigenvalue weighted by Gasteiger charge is -2.38. The number of ether oxygens (including phenoxy) is 1. The van der Waals surface area contributed by atoms with Crippen LogP contribution in [0.1, 0.15) is 34.5 Å². The summed E-state index contributed by atoms with van der Waals surface area (Å²) >= 11 is 0. The van der Waals surface area contributed by atoms with Crippen molar-refractivity contribution < 1.29 is 19.7 Å². The van der Waals surface area contributed by atoms with Crippen molar-refractivity contribution in [2.75, 3.05) is 13.2 Å². The molecule has 24 heavy (non-hydrogen) atoms. The SMILES string of the molecule is Cc1ccccc1[C@@H]1CN(C(=O)c2ccc(O)cc2O)[C@H](C)CO1. The summed E-state index contributed by atoms with van der Waals surface area (Å²) in [5, 5.41) is 19.4. The zero-order valence-electron chi connectivity index (χ0n) is 13.8. The van der Waals surface area contributed by atoms with Crippen molar-refractivity contribution in [3.8, 4) is 11.5 Å². The topological polar surface area (TPSA) is 70.0 Å². The highest BCUT2D eigenvalue weighted by atomic mass is 16.5. The van der Waals surface area contributed by atoms with E-state index >= 15 is 0 Å². The van der Waals surface area contributed by atoms with E-state index in [0.29, 0.717) is 13.2 Å². The second-order valence-corrected chi connectivity index (χ2v) is 6.19. The van der Waals surface area contributed by atoms with E-state index in [4.69, 9.17) is 4.74 Å². The van der Waals surface area contributed by atoms with Crippen molar-refractivity contribution in [3.63, 3.8) is 0 Å². The maximum Gasteiger partial charge on any atom is 0.258 e. The Balaban J connectivity index is 1.86. The summed E-state index contributed by atoms with van der Waals surface area (Å²) in [7, 11) is 0. The standard InChI is InChI=1S/C19H21NO4/c1-12-5-3-4-6-15(12)18-10-20(13(2)11-24-18)19(23)16-8-7-14(21)9-17(16)22/h3-9,13,18,21-22H,10-11H2,1-2H3/t13-,18+/m1/s1. The number of hydrogen-bond donors (Lipinski definition) is 2. The van der Waals surface area contributed by atoms with Crippen LogP contribution in [0.5, 0.6) is 11.5 Å². The molecule has 5 nitrogen and oxygen atoms in total. The molecule has 1 saturated heterocycles. The minimum Gasteiger partial charge on any atom is -0.508 e. The minimum atomic E-state index is -0.262. The van der Waals surface area contributed by atoms with Crippen LogP contribution in [-0.2, 0) is 4.74 Å². The molecule has 2 aromatic carbocycles. The molecule has 1 amide bonds. The zero-order chi connectivity index (χ0) is 17.3. The van der Waals surface area contributed by atoms with E-state index in [2.05, 4.69) is 0 Å². The fourth-order valence-electron chi connectivity index (χ4n) is 3.03. The van der Waals surface area contributed by atoms with Crippen molar-refractivity contribution in [1.29, 1.82) is 0 Å². The van der Waals surface area contributed by atoms with Gasteiger partial charge in [-0.15, -0.1) is 0 Å². The number of nitrogens with zero attached hydrogens (tertiary/aromatic N) is 1. The summed E-state index contributed by atoms with van der Waals surface area (Å²) in [5.41, 5.74) is 2.37. The second-order valence-electron chi connectivity index (χ2n) is 6.19. The van der Waals surface area contributed by atoms with Gasteiger partial charge in [-0.25, -0.2) is 0 Å². The molecule has 0 aromatic heterocycles. The Labute approximate surface area is 141 Å². The van der Waals surface area contributed by atoms with Crippen LogP contribution in [0.25, 0.3) is 0 Å². The van der Waals surface area contributed by atoms with E-state index in [1.54, 1.807) is 4.90 Å². The van der Waals surface area contributed by atoms with Gasteiger partial charge in [0.15, 0.2) is 0 Å². The third-order valence-electron chi connectivity index (χ3n) is 4.44. The molecular formula is C19H21NO4. The van der Waals surface area contributed by atoms with Crippen molar-refractivity contribution >= 4 is 5.91 Å². The summed E-state index contributed by atoms with van der Waals surface area (Å²) in [6.07, 6.45) is -0.189. The van der Waals surface area contributed by atoms with Crippen molar-refractivity contribution in [1.82, 2.24) is 4.90 Å². The largest absolute Gasteiger partial charge is 0.508 e. The molecule has 1 aliphatic rings. The molecule has 126 valence electrons. The van der Waals surface area contributed by atoms with E-state index < -0.39 is 0 Å². The van der Waals surface area contributed by atoms with Crippen LogP contribution in [0.3, 0.4) is 0 Å². The molecule has 3 rings (SSSR count). The van der Waals surface area contributed by atoms with Crippen LogP contribution < -0.4 is 0 Å². The van der Waals surface area contributed by atoms with E-state index in [1.807, 2.05) is 38.1 Å². The molecule has 0 saturated carbocycles. The summed E-state index contributed by atoms with van der Waals surface area (Å²) in [6.45, 7) is 4.80. The number of phenols is 2. The van der Waals surface area contributed by atoms with Gasteiger partial charge in [-0.1, -0.05) is 24.3 Å². The lowest BCUT2D eigenvalue weighted by Crippen LogP contribution is -2.48. The summed E-state index contributed by atoms with van der Waals surface area (Å²) < 4.78 is 5.93. The first-order valence-corrected chi connectivity index (χ1v) is 7.97. The molecule has 2 atom stereocenters. The average molecular weight is 327 g/mol. The third-order valence-corrected chi connectivity index (χ3v) is 4.44. The fourth-order valence-corrected chi connectivity index (χ4v) is 3.03. The van der Waals surface area contributed by atoms with Crippen molar-refractivity contribution in [3.05, 3.63) is 59.2 Å². The smallest absolute Gasteiger partial charge is 0.258 e. The molecule has 0 aliphatic carbocycles. The Morgan fingerprint density at radius 3 is 2.67 bits per heavy atom. The Hall–Kier alpha value is -2.53. The van der Waals surface area contributed by atoms with E-state index in [9.17, 15) is 15.0 Å². The van der Waals surface area contributed by atoms with Gasteiger partial charge in [-0.2, -0.15) is 0 Å². The number of morpholine rings is 1. The van der Waals surface area contributed by atoms with Crippen LogP contribution in [0.2, 0.25) is 0 Å². The zero-order valence-corrected chi connectivity index (χ0v) is 13.8. The maximum atomic E-state index is 12.8. The van der Waals surface area contributed by atoms with Crippen LogP contribution in [0, 0.1) is 6.92 Å². The molecule has 5 heteroatoms. The molecule has 2 N–H and O–H groups in total. The van der Waals surface area contributed by atoms with Gasteiger partial charge in [0, 0.05) is 6.07 Å². The van der Waals surface area contributed by atoms with Crippen LogP contribution in [0.4, 0.5) is 0 Å². The summed E-state index contributed by atoms with van der Waals surface area (Å²) in [4.78, 5) is 14.5. The van der Waals surface area contributed by atoms with E-state index in [-0.39, 0.29) is 35.1 Å². The number of amides is 1. The number of carbonyl (C=O) groups excluding carboxylic acids is 1. The molecule has 1 fully saturated rings. The first kappa shape index (κ1) is 16.3. The van der Waals surface area contributed by atoms with Crippen LogP contribution >= 0.6 is 0 Å². The predicted octanol–water partition coefficient (Wildman–Crippen LogP) is 3.01. The molecule has 0 spiro atoms. The Bertz CT molecular complexity index is 759. The molecule has 1 aliphatic heterocycles. The van der Waals surface area contributed by atoms with Crippen LogP contribution in [0.15, 0.2) is 42.5 Å². The molecule has 0 bridgehead atoms. The lowest BCUT2D eigenvalue weighted by molar-refractivity contribution is -0.0489. The lowest BCUT2D eigenvalue weighted by atomic mass is 10.0. The van der Waals surface area contributed by atoms with E-state index in [1.165, 1.54) is 18.2 Å². The van der Waals surface area contributed by atoms with Gasteiger partial charge >= 0.3 is 0 Å². The number of benzene rings is 2. The summed E-state index contributed by atoms with van der Waals surface area (Å²) in [6, 6.07) is 11.9. The number of aromatic hydroxyl groups is 2. The normalized spacial score (nSPS) is 20.8. The number of carbonyl (C=O) groups is 1. The number of aryl methyl sites for hydroxylation is 1. The second kappa shape index (κ2) is 6.53. The predicted molar refractivity (Wildman–Crippen MR) is 90.1 cm³/mol. The molecule has 2 aromatic rings. The average Bonchev–Trinajstić information content (AvgIpc) is 2.55. The quantitative estimate of drug-likeness (QED) is 0.889. The first-order chi connectivity index (χ1) is 11.5. The van der Waals surface area contributed by atoms with Crippen LogP contribution in [-0.4, -0.2) is 40.2 Å². The Morgan fingerprint density at radius 2 is 1.96 bits per heavy atom. The third kappa shape index (κ3) is 3.08. The van der Waals surface area contributed by atoms with Gasteiger partial charge in [-0.05, 0) is 37.1 Å². The summed E-state index contributed by atoms with van der Waals surface area (Å²) in [5.74, 6) is -0.551. The molecule has 0 unspecified atom stereocenters. The molecule has 1 heterocycles. The highest BCUT2D eigenvalue weighted by Crippen LogP contribution is 2.30. The highest BCUT2D eigenvalue weighted by Gasteiger charge is 2.32. The van der Waals surface area contributed by atoms with Gasteiger partial charge in [-0.3, -0.25) is 4.79 Å². The van der Waals surface area contributed by atoms with E-state index in [0.717, 1.165) is 11.1 Å². The van der Waals surface area contributed by atoms with Gasteiger partial charge in [0.1, 0.15) is 17.6 Å². The number of rotatable bonds is 2. The fraction of sp³-hybridized carbons (Fsp3) is 0.316. The van der Waals surface area contributed by atoms with Crippen molar-refractivity contribution in [2.24, 2.45) is 0 Å². The van der Waals surface area contributed by atoms with Gasteiger partial charge in [0.25, 0.3) is 5.91 Å². The molecular weight excluding hydrogens is 306 g/mol. The maximum absolute atomic E-state index is 12.8. The van der Waals surface area contributed by atoms with Gasteiger partial charge in [0.2, 0.25) is 0 Å².